The van der Waals surface area contributed by atoms with Gasteiger partial charge in [0.1, 0.15) is 6.10 Å². The van der Waals surface area contributed by atoms with E-state index >= 15 is 0 Å². The summed E-state index contributed by atoms with van der Waals surface area (Å²) in [5.74, 6) is 0. The predicted molar refractivity (Wildman–Crippen MR) is 70.5 cm³/mol. The molecule has 1 rings (SSSR count). The van der Waals surface area contributed by atoms with Crippen molar-refractivity contribution in [2.45, 2.75) is 38.8 Å². The maximum absolute atomic E-state index is 5.83. The summed E-state index contributed by atoms with van der Waals surface area (Å²) in [5.41, 5.74) is 0. The molecule has 16 heavy (non-hydrogen) atoms. The lowest BCUT2D eigenvalue weighted by Gasteiger charge is -2.29. The van der Waals surface area contributed by atoms with Crippen LogP contribution in [-0.2, 0) is 18.0 Å². The highest BCUT2D eigenvalue weighted by atomic mass is 28.4. The average molecular weight is 266 g/mol. The van der Waals surface area contributed by atoms with Gasteiger partial charge in [-0.1, -0.05) is 0 Å². The monoisotopic (exact) mass is 266 g/mol. The number of hydrogen-bond donors (Lipinski definition) is 0. The Morgan fingerprint density at radius 3 is 1.75 bits per heavy atom. The van der Waals surface area contributed by atoms with Crippen LogP contribution in [0.25, 0.3) is 0 Å². The molecule has 1 atom stereocenters. The molecule has 0 aromatic heterocycles. The van der Waals surface area contributed by atoms with E-state index in [0.717, 1.165) is 13.2 Å². The zero-order valence-corrected chi connectivity index (χ0v) is 13.6. The summed E-state index contributed by atoms with van der Waals surface area (Å²) in [6, 6.07) is 0. The van der Waals surface area contributed by atoms with Crippen LogP contribution in [0.1, 0.15) is 0 Å². The first kappa shape index (κ1) is 16.3. The molecule has 1 aliphatic heterocycles. The standard InChI is InChI=1S/C6H18O2Si2.C4H8O2/c1-7-10(5,6)8-9(2,3)4;1-5-2-4-3-6-4/h1-6H3;4H,2-3H2,1H3. The Kier molecular flexibility index (Phi) is 6.99. The molecule has 1 heterocycles. The Balaban J connectivity index is 0.000000315. The number of rotatable bonds is 5. The quantitative estimate of drug-likeness (QED) is 0.565. The Hall–Kier alpha value is 0.274. The molecule has 0 aromatic rings. The second kappa shape index (κ2) is 6.88. The molecular formula is C10H26O4Si2. The fraction of sp³-hybridized carbons (Fsp3) is 1.00. The highest BCUT2D eigenvalue weighted by molar-refractivity contribution is 6.81. The molecule has 0 bridgehead atoms. The van der Waals surface area contributed by atoms with Gasteiger partial charge in [-0.25, -0.2) is 0 Å². The first-order valence-electron chi connectivity index (χ1n) is 5.56. The maximum Gasteiger partial charge on any atom is 0.321 e. The van der Waals surface area contributed by atoms with Gasteiger partial charge in [0.05, 0.1) is 13.2 Å². The van der Waals surface area contributed by atoms with Crippen LogP contribution in [0, 0.1) is 0 Å². The minimum absolute atomic E-state index is 0.426. The van der Waals surface area contributed by atoms with E-state index in [4.69, 9.17) is 18.0 Å². The van der Waals surface area contributed by atoms with Crippen molar-refractivity contribution in [2.75, 3.05) is 27.4 Å². The van der Waals surface area contributed by atoms with Crippen LogP contribution in [0.3, 0.4) is 0 Å². The number of hydrogen-bond acceptors (Lipinski definition) is 4. The van der Waals surface area contributed by atoms with Gasteiger partial charge < -0.3 is 18.0 Å². The van der Waals surface area contributed by atoms with Gasteiger partial charge in [0.25, 0.3) is 0 Å². The molecule has 6 heteroatoms. The van der Waals surface area contributed by atoms with E-state index in [1.165, 1.54) is 0 Å². The van der Waals surface area contributed by atoms with Gasteiger partial charge in [0.2, 0.25) is 0 Å². The lowest BCUT2D eigenvalue weighted by Crippen LogP contribution is -2.43. The molecule has 98 valence electrons. The van der Waals surface area contributed by atoms with Gasteiger partial charge in [0, 0.05) is 14.2 Å². The maximum atomic E-state index is 5.83. The van der Waals surface area contributed by atoms with E-state index < -0.39 is 16.9 Å². The molecule has 0 saturated carbocycles. The fourth-order valence-electron chi connectivity index (χ4n) is 1.13. The third-order valence-electron chi connectivity index (χ3n) is 1.80. The second-order valence-corrected chi connectivity index (χ2v) is 13.5. The van der Waals surface area contributed by atoms with E-state index in [1.54, 1.807) is 14.2 Å². The average Bonchev–Trinajstić information content (AvgIpc) is 2.86. The summed E-state index contributed by atoms with van der Waals surface area (Å²) in [6.07, 6.45) is 0.426. The van der Waals surface area contributed by atoms with Crippen LogP contribution < -0.4 is 0 Å². The highest BCUT2D eigenvalue weighted by Crippen LogP contribution is 2.13. The Morgan fingerprint density at radius 2 is 1.62 bits per heavy atom. The van der Waals surface area contributed by atoms with Crippen molar-refractivity contribution in [3.05, 3.63) is 0 Å². The fourth-order valence-corrected chi connectivity index (χ4v) is 7.36. The van der Waals surface area contributed by atoms with Crippen LogP contribution in [0.15, 0.2) is 0 Å². The molecule has 1 unspecified atom stereocenters. The molecule has 0 spiro atoms. The summed E-state index contributed by atoms with van der Waals surface area (Å²) >= 11 is 0. The van der Waals surface area contributed by atoms with Gasteiger partial charge in [-0.3, -0.25) is 0 Å². The van der Waals surface area contributed by atoms with E-state index in [1.807, 2.05) is 0 Å². The molecule has 1 aliphatic rings. The predicted octanol–water partition coefficient (Wildman–Crippen LogP) is 2.22. The zero-order chi connectivity index (χ0) is 12.8. The van der Waals surface area contributed by atoms with Crippen molar-refractivity contribution >= 4 is 16.9 Å². The smallest absolute Gasteiger partial charge is 0.321 e. The minimum Gasteiger partial charge on any atom is -0.436 e. The highest BCUT2D eigenvalue weighted by Gasteiger charge is 2.29. The van der Waals surface area contributed by atoms with Gasteiger partial charge in [0.15, 0.2) is 8.32 Å². The van der Waals surface area contributed by atoms with Crippen molar-refractivity contribution in [3.8, 4) is 0 Å². The van der Waals surface area contributed by atoms with Crippen LogP contribution in [0.5, 0.6) is 0 Å². The first-order valence-corrected chi connectivity index (χ1v) is 11.8. The SMILES string of the molecule is COCC1CO1.CO[Si](C)(C)O[Si](C)(C)C. The lowest BCUT2D eigenvalue weighted by molar-refractivity contribution is 0.171. The van der Waals surface area contributed by atoms with Crippen molar-refractivity contribution in [1.82, 2.24) is 0 Å². The van der Waals surface area contributed by atoms with Gasteiger partial charge in [-0.05, 0) is 32.7 Å². The van der Waals surface area contributed by atoms with E-state index in [2.05, 4.69) is 32.7 Å². The third kappa shape index (κ3) is 10.8. The van der Waals surface area contributed by atoms with Crippen LogP contribution >= 0.6 is 0 Å². The van der Waals surface area contributed by atoms with Gasteiger partial charge >= 0.3 is 8.56 Å². The Morgan fingerprint density at radius 1 is 1.12 bits per heavy atom. The lowest BCUT2D eigenvalue weighted by atomic mass is 10.5. The van der Waals surface area contributed by atoms with Crippen LogP contribution in [-0.4, -0.2) is 50.4 Å². The molecular weight excluding hydrogens is 240 g/mol. The van der Waals surface area contributed by atoms with E-state index in [9.17, 15) is 0 Å². The minimum atomic E-state index is -1.75. The van der Waals surface area contributed by atoms with Crippen molar-refractivity contribution in [2.24, 2.45) is 0 Å². The molecule has 0 amide bonds. The molecule has 1 fully saturated rings. The normalized spacial score (nSPS) is 20.1. The number of ether oxygens (including phenoxy) is 2. The topological polar surface area (TPSA) is 40.2 Å². The molecule has 0 radical (unpaired) electrons. The van der Waals surface area contributed by atoms with Crippen LogP contribution in [0.4, 0.5) is 0 Å². The second-order valence-electron chi connectivity index (χ2n) is 5.23. The summed E-state index contributed by atoms with van der Waals surface area (Å²) in [7, 11) is 0.283. The van der Waals surface area contributed by atoms with E-state index in [0.29, 0.717) is 6.10 Å². The Labute approximate surface area is 102 Å². The number of methoxy groups -OCH3 is 1. The molecule has 4 nitrogen and oxygen atoms in total. The summed E-state index contributed by atoms with van der Waals surface area (Å²) in [6.45, 7) is 12.4. The van der Waals surface area contributed by atoms with Gasteiger partial charge in [-0.2, -0.15) is 0 Å². The van der Waals surface area contributed by atoms with Crippen molar-refractivity contribution in [3.63, 3.8) is 0 Å². The van der Waals surface area contributed by atoms with Crippen LogP contribution in [0.2, 0.25) is 32.7 Å². The van der Waals surface area contributed by atoms with E-state index in [-0.39, 0.29) is 0 Å². The third-order valence-corrected chi connectivity index (χ3v) is 7.20. The summed E-state index contributed by atoms with van der Waals surface area (Å²) in [4.78, 5) is 0. The Bertz CT molecular complexity index is 188. The summed E-state index contributed by atoms with van der Waals surface area (Å²) < 4.78 is 20.7. The molecule has 0 aromatic carbocycles. The zero-order valence-electron chi connectivity index (χ0n) is 11.6. The first-order chi connectivity index (χ1) is 7.20. The molecule has 0 N–H and O–H groups in total. The van der Waals surface area contributed by atoms with Gasteiger partial charge in [-0.15, -0.1) is 0 Å². The summed E-state index contributed by atoms with van der Waals surface area (Å²) in [5, 5.41) is 0. The molecule has 0 aliphatic carbocycles. The largest absolute Gasteiger partial charge is 0.436 e. The molecule has 1 saturated heterocycles. The van der Waals surface area contributed by atoms with Crippen molar-refractivity contribution in [1.29, 1.82) is 0 Å². The van der Waals surface area contributed by atoms with Crippen molar-refractivity contribution < 1.29 is 18.0 Å². The number of epoxide rings is 1.